The van der Waals surface area contributed by atoms with Gasteiger partial charge in [-0.05, 0) is 54.3 Å². The lowest BCUT2D eigenvalue weighted by molar-refractivity contribution is -0.140. The van der Waals surface area contributed by atoms with Gasteiger partial charge in [0.2, 0.25) is 11.8 Å². The number of halogens is 2. The number of ether oxygens (including phenoxy) is 2. The first-order valence-corrected chi connectivity index (χ1v) is 15.9. The van der Waals surface area contributed by atoms with Gasteiger partial charge in [-0.2, -0.15) is 0 Å². The van der Waals surface area contributed by atoms with Crippen LogP contribution in [-0.4, -0.2) is 58.5 Å². The van der Waals surface area contributed by atoms with Crippen molar-refractivity contribution in [1.29, 1.82) is 0 Å². The Morgan fingerprint density at radius 2 is 1.58 bits per heavy atom. The van der Waals surface area contributed by atoms with Crippen molar-refractivity contribution in [3.8, 4) is 11.5 Å². The molecule has 0 bridgehead atoms. The van der Waals surface area contributed by atoms with Gasteiger partial charge < -0.3 is 19.7 Å². The van der Waals surface area contributed by atoms with Crippen LogP contribution in [0.4, 0.5) is 5.69 Å². The summed E-state index contributed by atoms with van der Waals surface area (Å²) in [5.41, 5.74) is 0.808. The number of methoxy groups -OCH3 is 2. The van der Waals surface area contributed by atoms with E-state index >= 15 is 0 Å². The molecular weight excluding hydrogens is 613 g/mol. The van der Waals surface area contributed by atoms with Gasteiger partial charge in [0.05, 0.1) is 34.8 Å². The molecule has 0 aliphatic heterocycles. The summed E-state index contributed by atoms with van der Waals surface area (Å²) < 4.78 is 39.8. The normalized spacial score (nSPS) is 12.0. The standard InChI is InChI=1S/C31H37Cl2N3O6S/c1-6-27(31(38)34-18-21(2)3)35(19-22-12-14-25(32)26(33)16-22)30(37)20-36(43(39,40)24-10-8-7-9-11-24)23-13-15-28(41-4)29(17-23)42-5/h7-17,21,27H,6,18-20H2,1-5H3,(H,34,38)/t27-/m1/s1. The minimum Gasteiger partial charge on any atom is -0.493 e. The molecule has 3 aromatic carbocycles. The number of hydrogen-bond donors (Lipinski definition) is 1. The van der Waals surface area contributed by atoms with E-state index in [2.05, 4.69) is 5.32 Å². The van der Waals surface area contributed by atoms with Crippen molar-refractivity contribution in [3.05, 3.63) is 82.3 Å². The van der Waals surface area contributed by atoms with Gasteiger partial charge in [0.1, 0.15) is 12.6 Å². The van der Waals surface area contributed by atoms with Crippen molar-refractivity contribution in [2.24, 2.45) is 5.92 Å². The van der Waals surface area contributed by atoms with Gasteiger partial charge in [-0.1, -0.05) is 68.2 Å². The van der Waals surface area contributed by atoms with Crippen LogP contribution < -0.4 is 19.1 Å². The van der Waals surface area contributed by atoms with Gasteiger partial charge in [-0.3, -0.25) is 13.9 Å². The summed E-state index contributed by atoms with van der Waals surface area (Å²) in [7, 11) is -1.33. The smallest absolute Gasteiger partial charge is 0.264 e. The summed E-state index contributed by atoms with van der Waals surface area (Å²) in [6, 6.07) is 16.5. The number of benzene rings is 3. The molecule has 0 spiro atoms. The van der Waals surface area contributed by atoms with E-state index in [0.29, 0.717) is 34.3 Å². The van der Waals surface area contributed by atoms with Crippen molar-refractivity contribution < 1.29 is 27.5 Å². The summed E-state index contributed by atoms with van der Waals surface area (Å²) >= 11 is 12.4. The number of carbonyl (C=O) groups excluding carboxylic acids is 2. The lowest BCUT2D eigenvalue weighted by Crippen LogP contribution is -2.52. The number of carbonyl (C=O) groups is 2. The molecule has 0 aromatic heterocycles. The molecule has 9 nitrogen and oxygen atoms in total. The SMILES string of the molecule is CC[C@H](C(=O)NCC(C)C)N(Cc1ccc(Cl)c(Cl)c1)C(=O)CN(c1ccc(OC)c(OC)c1)S(=O)(=O)c1ccccc1. The fourth-order valence-corrected chi connectivity index (χ4v) is 6.15. The minimum atomic E-state index is -4.24. The maximum atomic E-state index is 14.2. The van der Waals surface area contributed by atoms with E-state index in [0.717, 1.165) is 4.31 Å². The second kappa shape index (κ2) is 15.3. The summed E-state index contributed by atoms with van der Waals surface area (Å²) in [4.78, 5) is 28.9. The third-order valence-electron chi connectivity index (χ3n) is 6.67. The topological polar surface area (TPSA) is 105 Å². The van der Waals surface area contributed by atoms with E-state index in [-0.39, 0.29) is 34.7 Å². The zero-order chi connectivity index (χ0) is 31.7. The highest BCUT2D eigenvalue weighted by Crippen LogP contribution is 2.34. The molecule has 3 aromatic rings. The first-order valence-electron chi connectivity index (χ1n) is 13.7. The number of nitrogens with one attached hydrogen (secondary N) is 1. The van der Waals surface area contributed by atoms with Gasteiger partial charge in [-0.15, -0.1) is 0 Å². The first-order chi connectivity index (χ1) is 20.4. The van der Waals surface area contributed by atoms with Gasteiger partial charge in [0.25, 0.3) is 10.0 Å². The molecule has 0 radical (unpaired) electrons. The number of sulfonamides is 1. The van der Waals surface area contributed by atoms with Crippen LogP contribution in [0.5, 0.6) is 11.5 Å². The quantitative estimate of drug-likeness (QED) is 0.237. The van der Waals surface area contributed by atoms with Crippen LogP contribution in [-0.2, 0) is 26.2 Å². The monoisotopic (exact) mass is 649 g/mol. The molecule has 0 heterocycles. The lowest BCUT2D eigenvalue weighted by Gasteiger charge is -2.33. The van der Waals surface area contributed by atoms with Crippen molar-refractivity contribution in [2.75, 3.05) is 31.6 Å². The van der Waals surface area contributed by atoms with Crippen LogP contribution in [0, 0.1) is 5.92 Å². The Hall–Kier alpha value is -3.47. The highest BCUT2D eigenvalue weighted by atomic mass is 35.5. The highest BCUT2D eigenvalue weighted by molar-refractivity contribution is 7.92. The number of rotatable bonds is 14. The fourth-order valence-electron chi connectivity index (χ4n) is 4.41. The third kappa shape index (κ3) is 8.55. The Morgan fingerprint density at radius 1 is 0.907 bits per heavy atom. The van der Waals surface area contributed by atoms with Gasteiger partial charge in [0, 0.05) is 19.2 Å². The number of anilines is 1. The van der Waals surface area contributed by atoms with E-state index in [1.165, 1.54) is 43.4 Å². The summed E-state index contributed by atoms with van der Waals surface area (Å²) in [5, 5.41) is 3.54. The molecule has 0 aliphatic carbocycles. The Balaban J connectivity index is 2.11. The molecule has 0 saturated heterocycles. The van der Waals surface area contributed by atoms with Crippen molar-refractivity contribution in [2.45, 2.75) is 44.7 Å². The van der Waals surface area contributed by atoms with Crippen LogP contribution in [0.25, 0.3) is 0 Å². The second-order valence-corrected chi connectivity index (χ2v) is 12.9. The third-order valence-corrected chi connectivity index (χ3v) is 9.20. The largest absolute Gasteiger partial charge is 0.493 e. The van der Waals surface area contributed by atoms with E-state index in [1.807, 2.05) is 13.8 Å². The lowest BCUT2D eigenvalue weighted by atomic mass is 10.1. The number of amides is 2. The van der Waals surface area contributed by atoms with Crippen molar-refractivity contribution >= 4 is 50.7 Å². The maximum absolute atomic E-state index is 14.2. The molecular formula is C31H37Cl2N3O6S. The average molecular weight is 651 g/mol. The van der Waals surface area contributed by atoms with E-state index in [9.17, 15) is 18.0 Å². The molecule has 0 unspecified atom stereocenters. The van der Waals surface area contributed by atoms with Crippen LogP contribution >= 0.6 is 23.2 Å². The molecule has 2 amide bonds. The van der Waals surface area contributed by atoms with Crippen LogP contribution in [0.1, 0.15) is 32.8 Å². The zero-order valence-electron chi connectivity index (χ0n) is 24.8. The first kappa shape index (κ1) is 34.0. The summed E-state index contributed by atoms with van der Waals surface area (Å²) in [6.07, 6.45) is 0.290. The molecule has 0 aliphatic rings. The predicted octanol–water partition coefficient (Wildman–Crippen LogP) is 5.79. The van der Waals surface area contributed by atoms with Gasteiger partial charge in [-0.25, -0.2) is 8.42 Å². The van der Waals surface area contributed by atoms with Crippen LogP contribution in [0.15, 0.2) is 71.6 Å². The highest BCUT2D eigenvalue weighted by Gasteiger charge is 2.34. The molecule has 0 fully saturated rings. The van der Waals surface area contributed by atoms with Crippen molar-refractivity contribution in [3.63, 3.8) is 0 Å². The Morgan fingerprint density at radius 3 is 2.16 bits per heavy atom. The van der Waals surface area contributed by atoms with E-state index < -0.39 is 28.5 Å². The minimum absolute atomic E-state index is 0.00432. The Labute approximate surface area is 263 Å². The molecule has 1 atom stereocenters. The fraction of sp³-hybridized carbons (Fsp3) is 0.355. The molecule has 1 N–H and O–H groups in total. The van der Waals surface area contributed by atoms with Gasteiger partial charge >= 0.3 is 0 Å². The summed E-state index contributed by atoms with van der Waals surface area (Å²) in [6.45, 7) is 5.55. The number of nitrogens with zero attached hydrogens (tertiary/aromatic N) is 2. The van der Waals surface area contributed by atoms with Crippen molar-refractivity contribution in [1.82, 2.24) is 10.2 Å². The Bertz CT molecular complexity index is 1520. The molecule has 43 heavy (non-hydrogen) atoms. The molecule has 12 heteroatoms. The molecule has 0 saturated carbocycles. The maximum Gasteiger partial charge on any atom is 0.264 e. The second-order valence-electron chi connectivity index (χ2n) is 10.2. The Kier molecular flexibility index (Phi) is 12.1. The van der Waals surface area contributed by atoms with Gasteiger partial charge in [0.15, 0.2) is 11.5 Å². The van der Waals surface area contributed by atoms with Crippen LogP contribution in [0.2, 0.25) is 10.0 Å². The van der Waals surface area contributed by atoms with Crippen LogP contribution in [0.3, 0.4) is 0 Å². The van der Waals surface area contributed by atoms with E-state index in [4.69, 9.17) is 32.7 Å². The zero-order valence-corrected chi connectivity index (χ0v) is 27.2. The van der Waals surface area contributed by atoms with E-state index in [1.54, 1.807) is 49.4 Å². The molecule has 3 rings (SSSR count). The molecule has 232 valence electrons. The average Bonchev–Trinajstić information content (AvgIpc) is 3.00. The number of hydrogen-bond acceptors (Lipinski definition) is 6. The predicted molar refractivity (Wildman–Crippen MR) is 169 cm³/mol. The summed E-state index contributed by atoms with van der Waals surface area (Å²) in [5.74, 6) is -0.0611.